The third-order valence-electron chi connectivity index (χ3n) is 4.16. The number of sulfone groups is 1. The minimum atomic E-state index is -3.52. The van der Waals surface area contributed by atoms with Crippen LogP contribution in [0, 0.1) is 11.7 Å². The Hall–Kier alpha value is -0.980. The fourth-order valence-electron chi connectivity index (χ4n) is 2.76. The molecule has 1 aliphatic carbocycles. The minimum absolute atomic E-state index is 0.0192. The topological polar surface area (TPSA) is 55.4 Å². The molecule has 2 rings (SSSR count). The fourth-order valence-corrected chi connectivity index (χ4v) is 3.49. The van der Waals surface area contributed by atoms with Crippen molar-refractivity contribution in [3.63, 3.8) is 0 Å². The van der Waals surface area contributed by atoms with Gasteiger partial charge >= 0.3 is 0 Å². The molecule has 1 saturated carbocycles. The van der Waals surface area contributed by atoms with Crippen molar-refractivity contribution >= 4 is 9.84 Å². The normalized spacial score (nSPS) is 23.1. The molecule has 4 nitrogen and oxygen atoms in total. The Bertz CT molecular complexity index is 612. The molecule has 1 aromatic carbocycles. The van der Waals surface area contributed by atoms with Gasteiger partial charge in [-0.3, -0.25) is 0 Å². The maximum atomic E-state index is 13.9. The lowest BCUT2D eigenvalue weighted by Crippen LogP contribution is -2.38. The molecule has 1 aromatic rings. The third kappa shape index (κ3) is 4.27. The molecule has 0 radical (unpaired) electrons. The highest BCUT2D eigenvalue weighted by molar-refractivity contribution is 7.90. The number of ether oxygens (including phenoxy) is 1. The second-order valence-electron chi connectivity index (χ2n) is 6.01. The quantitative estimate of drug-likeness (QED) is 0.836. The number of halogens is 1. The summed E-state index contributed by atoms with van der Waals surface area (Å²) >= 11 is 0. The third-order valence-corrected chi connectivity index (χ3v) is 5.29. The van der Waals surface area contributed by atoms with Gasteiger partial charge in [0.15, 0.2) is 9.84 Å². The monoisotopic (exact) mass is 329 g/mol. The van der Waals surface area contributed by atoms with E-state index in [1.165, 1.54) is 12.1 Å². The van der Waals surface area contributed by atoms with Gasteiger partial charge in [0.05, 0.1) is 6.10 Å². The lowest BCUT2D eigenvalue weighted by Gasteiger charge is -2.35. The van der Waals surface area contributed by atoms with Crippen LogP contribution >= 0.6 is 0 Å². The first-order chi connectivity index (χ1) is 10.3. The summed E-state index contributed by atoms with van der Waals surface area (Å²) in [5.41, 5.74) is 0.755. The molecule has 124 valence electrons. The number of nitrogens with one attached hydrogen (secondary N) is 1. The van der Waals surface area contributed by atoms with E-state index in [4.69, 9.17) is 4.74 Å². The van der Waals surface area contributed by atoms with Crippen molar-refractivity contribution in [1.82, 2.24) is 5.32 Å². The Morgan fingerprint density at radius 1 is 1.41 bits per heavy atom. The molecule has 0 aromatic heterocycles. The first kappa shape index (κ1) is 17.4. The molecule has 6 heteroatoms. The predicted molar refractivity (Wildman–Crippen MR) is 84.1 cm³/mol. The van der Waals surface area contributed by atoms with Gasteiger partial charge in [-0.1, -0.05) is 6.07 Å². The summed E-state index contributed by atoms with van der Waals surface area (Å²) in [4.78, 5) is -0.248. The molecule has 22 heavy (non-hydrogen) atoms. The van der Waals surface area contributed by atoms with Crippen LogP contribution in [0.4, 0.5) is 4.39 Å². The fraction of sp³-hybridized carbons (Fsp3) is 0.625. The van der Waals surface area contributed by atoms with Crippen molar-refractivity contribution in [2.45, 2.75) is 43.7 Å². The van der Waals surface area contributed by atoms with Crippen LogP contribution in [0.15, 0.2) is 23.1 Å². The van der Waals surface area contributed by atoms with Gasteiger partial charge in [0.2, 0.25) is 0 Å². The number of rotatable bonds is 7. The van der Waals surface area contributed by atoms with Crippen molar-refractivity contribution < 1.29 is 17.5 Å². The molecule has 0 saturated heterocycles. The van der Waals surface area contributed by atoms with Gasteiger partial charge in [0.1, 0.15) is 10.7 Å². The summed E-state index contributed by atoms with van der Waals surface area (Å²) in [6.45, 7) is 5.57. The standard InChI is InChI=1S/C16H24FNO3S/c1-4-21-14-7-12(8-14)10-18-11(2)13-5-6-16(15(17)9-13)22(3,19)20/h5-6,9,11-12,14,18H,4,7-8,10H2,1-3H3/t11-,12?,14?/m1/s1. The van der Waals surface area contributed by atoms with Crippen molar-refractivity contribution in [3.05, 3.63) is 29.6 Å². The van der Waals surface area contributed by atoms with Crippen LogP contribution in [0.5, 0.6) is 0 Å². The predicted octanol–water partition coefficient (Wildman–Crippen LogP) is 2.69. The van der Waals surface area contributed by atoms with E-state index in [0.717, 1.165) is 37.8 Å². The highest BCUT2D eigenvalue weighted by atomic mass is 32.2. The molecule has 0 amide bonds. The van der Waals surface area contributed by atoms with E-state index >= 15 is 0 Å². The maximum Gasteiger partial charge on any atom is 0.178 e. The second-order valence-corrected chi connectivity index (χ2v) is 7.99. The number of benzene rings is 1. The van der Waals surface area contributed by atoms with Crippen LogP contribution in [-0.2, 0) is 14.6 Å². The molecular weight excluding hydrogens is 305 g/mol. The summed E-state index contributed by atoms with van der Waals surface area (Å²) in [6.07, 6.45) is 3.53. The zero-order valence-corrected chi connectivity index (χ0v) is 14.1. The van der Waals surface area contributed by atoms with Crippen molar-refractivity contribution in [3.8, 4) is 0 Å². The van der Waals surface area contributed by atoms with Gasteiger partial charge in [0.25, 0.3) is 0 Å². The number of hydrogen-bond donors (Lipinski definition) is 1. The largest absolute Gasteiger partial charge is 0.378 e. The zero-order chi connectivity index (χ0) is 16.3. The number of hydrogen-bond acceptors (Lipinski definition) is 4. The summed E-state index contributed by atoms with van der Waals surface area (Å²) in [7, 11) is -3.52. The van der Waals surface area contributed by atoms with Crippen LogP contribution in [0.3, 0.4) is 0 Å². The van der Waals surface area contributed by atoms with E-state index in [1.807, 2.05) is 13.8 Å². The molecule has 1 N–H and O–H groups in total. The van der Waals surface area contributed by atoms with E-state index < -0.39 is 15.7 Å². The molecular formula is C16H24FNO3S. The Balaban J connectivity index is 1.88. The van der Waals surface area contributed by atoms with Gasteiger partial charge in [0, 0.05) is 18.9 Å². The van der Waals surface area contributed by atoms with Gasteiger partial charge in [-0.25, -0.2) is 12.8 Å². The molecule has 0 unspecified atom stereocenters. The molecule has 1 atom stereocenters. The van der Waals surface area contributed by atoms with Crippen LogP contribution < -0.4 is 5.32 Å². The zero-order valence-electron chi connectivity index (χ0n) is 13.3. The average Bonchev–Trinajstić information content (AvgIpc) is 2.39. The van der Waals surface area contributed by atoms with E-state index in [0.29, 0.717) is 12.0 Å². The van der Waals surface area contributed by atoms with Crippen molar-refractivity contribution in [2.75, 3.05) is 19.4 Å². The summed E-state index contributed by atoms with van der Waals surface area (Å²) in [5, 5.41) is 3.38. The van der Waals surface area contributed by atoms with Crippen LogP contribution in [0.25, 0.3) is 0 Å². The van der Waals surface area contributed by atoms with Gasteiger partial charge in [-0.05, 0) is 56.8 Å². The van der Waals surface area contributed by atoms with E-state index in [1.54, 1.807) is 6.07 Å². The van der Waals surface area contributed by atoms with Crippen molar-refractivity contribution in [2.24, 2.45) is 5.92 Å². The van der Waals surface area contributed by atoms with Crippen LogP contribution in [0.2, 0.25) is 0 Å². The van der Waals surface area contributed by atoms with Gasteiger partial charge < -0.3 is 10.1 Å². The molecule has 0 spiro atoms. The van der Waals surface area contributed by atoms with Gasteiger partial charge in [-0.15, -0.1) is 0 Å². The highest BCUT2D eigenvalue weighted by Gasteiger charge is 2.29. The minimum Gasteiger partial charge on any atom is -0.378 e. The average molecular weight is 329 g/mol. The molecule has 1 aliphatic rings. The lowest BCUT2D eigenvalue weighted by atomic mass is 9.82. The van der Waals surface area contributed by atoms with Crippen molar-refractivity contribution in [1.29, 1.82) is 0 Å². The summed E-state index contributed by atoms with van der Waals surface area (Å²) in [5.74, 6) is -0.0900. The lowest BCUT2D eigenvalue weighted by molar-refractivity contribution is -0.0243. The summed E-state index contributed by atoms with van der Waals surface area (Å²) in [6, 6.07) is 4.29. The Kier molecular flexibility index (Phi) is 5.58. The second kappa shape index (κ2) is 7.06. The van der Waals surface area contributed by atoms with E-state index in [-0.39, 0.29) is 10.9 Å². The highest BCUT2D eigenvalue weighted by Crippen LogP contribution is 2.30. The SMILES string of the molecule is CCOC1CC(CN[C@H](C)c2ccc(S(C)(=O)=O)c(F)c2)C1. The maximum absolute atomic E-state index is 13.9. The molecule has 1 fully saturated rings. The van der Waals surface area contributed by atoms with Crippen LogP contribution in [-0.4, -0.2) is 33.9 Å². The van der Waals surface area contributed by atoms with E-state index in [2.05, 4.69) is 5.32 Å². The Morgan fingerprint density at radius 3 is 2.64 bits per heavy atom. The Morgan fingerprint density at radius 2 is 2.09 bits per heavy atom. The first-order valence-corrected chi connectivity index (χ1v) is 9.55. The van der Waals surface area contributed by atoms with E-state index in [9.17, 15) is 12.8 Å². The summed E-state index contributed by atoms with van der Waals surface area (Å²) < 4.78 is 42.2. The smallest absolute Gasteiger partial charge is 0.178 e. The molecule has 0 bridgehead atoms. The van der Waals surface area contributed by atoms with Crippen LogP contribution in [0.1, 0.15) is 38.3 Å². The molecule has 0 aliphatic heterocycles. The first-order valence-electron chi connectivity index (χ1n) is 7.65. The molecule has 0 heterocycles. The van der Waals surface area contributed by atoms with Gasteiger partial charge in [-0.2, -0.15) is 0 Å². The Labute approximate surface area is 132 Å².